The summed E-state index contributed by atoms with van der Waals surface area (Å²) in [5, 5.41) is 0.497. The number of halogens is 2. The van der Waals surface area contributed by atoms with E-state index in [1.807, 2.05) is 12.1 Å². The summed E-state index contributed by atoms with van der Waals surface area (Å²) in [6.45, 7) is 0. The molecule has 8 heteroatoms. The van der Waals surface area contributed by atoms with Gasteiger partial charge in [0.05, 0.1) is 9.92 Å². The first-order valence-corrected chi connectivity index (χ1v) is 10.1. The number of sulfonamides is 1. The van der Waals surface area contributed by atoms with Gasteiger partial charge in [-0.25, -0.2) is 13.1 Å². The van der Waals surface area contributed by atoms with Crippen LogP contribution in [0.15, 0.2) is 53.4 Å². The Morgan fingerprint density at radius 2 is 1.62 bits per heavy atom. The van der Waals surface area contributed by atoms with Gasteiger partial charge in [-0.15, -0.1) is 12.4 Å². The first-order chi connectivity index (χ1) is 11.9. The fourth-order valence-electron chi connectivity index (χ4n) is 2.87. The summed E-state index contributed by atoms with van der Waals surface area (Å²) >= 11 is 6.06. The maximum Gasteiger partial charge on any atom is 0.240 e. The second-order valence-corrected chi connectivity index (χ2v) is 8.36. The van der Waals surface area contributed by atoms with Crippen LogP contribution in [0.4, 0.5) is 0 Å². The van der Waals surface area contributed by atoms with Crippen molar-refractivity contribution in [2.24, 2.45) is 5.73 Å². The van der Waals surface area contributed by atoms with Crippen LogP contribution in [0.1, 0.15) is 25.7 Å². The van der Waals surface area contributed by atoms with E-state index in [-0.39, 0.29) is 29.4 Å². The lowest BCUT2D eigenvalue weighted by Gasteiger charge is -2.26. The van der Waals surface area contributed by atoms with Gasteiger partial charge >= 0.3 is 0 Å². The number of hydrogen-bond acceptors (Lipinski definition) is 4. The Hall–Kier alpha value is -1.31. The number of nitrogens with one attached hydrogen (secondary N) is 1. The average Bonchev–Trinajstić information content (AvgIpc) is 2.59. The second-order valence-electron chi connectivity index (χ2n) is 6.24. The van der Waals surface area contributed by atoms with Crippen LogP contribution in [0.3, 0.4) is 0 Å². The van der Waals surface area contributed by atoms with Gasteiger partial charge in [0.25, 0.3) is 0 Å². The molecule has 26 heavy (non-hydrogen) atoms. The third-order valence-electron chi connectivity index (χ3n) is 4.29. The molecule has 0 radical (unpaired) electrons. The van der Waals surface area contributed by atoms with Crippen molar-refractivity contribution in [3.63, 3.8) is 0 Å². The summed E-state index contributed by atoms with van der Waals surface area (Å²) in [7, 11) is -3.55. The van der Waals surface area contributed by atoms with Crippen molar-refractivity contribution < 1.29 is 13.2 Å². The number of rotatable bonds is 5. The monoisotopic (exact) mass is 416 g/mol. The molecule has 0 spiro atoms. The van der Waals surface area contributed by atoms with Crippen LogP contribution >= 0.6 is 24.0 Å². The van der Waals surface area contributed by atoms with Gasteiger partial charge in [-0.2, -0.15) is 0 Å². The van der Waals surface area contributed by atoms with Gasteiger partial charge in [0, 0.05) is 12.1 Å². The third kappa shape index (κ3) is 5.34. The van der Waals surface area contributed by atoms with E-state index in [0.717, 1.165) is 25.7 Å². The Morgan fingerprint density at radius 3 is 2.23 bits per heavy atom. The summed E-state index contributed by atoms with van der Waals surface area (Å²) in [6.07, 6.45) is 3.23. The molecular weight excluding hydrogens is 395 g/mol. The number of nitrogens with two attached hydrogens (primary N) is 1. The van der Waals surface area contributed by atoms with Crippen molar-refractivity contribution in [2.45, 2.75) is 42.7 Å². The SMILES string of the molecule is Cl.NC1CCC(NS(=O)(=O)c2ccc(Oc3ccccc3Cl)cc2)CC1. The molecule has 1 aliphatic carbocycles. The van der Waals surface area contributed by atoms with E-state index in [0.29, 0.717) is 16.5 Å². The van der Waals surface area contributed by atoms with E-state index in [2.05, 4.69) is 4.72 Å². The fourth-order valence-corrected chi connectivity index (χ4v) is 4.35. The molecule has 3 rings (SSSR count). The molecule has 2 aromatic carbocycles. The number of benzene rings is 2. The van der Waals surface area contributed by atoms with Gasteiger partial charge in [0.15, 0.2) is 0 Å². The highest BCUT2D eigenvalue weighted by molar-refractivity contribution is 7.89. The molecule has 3 N–H and O–H groups in total. The highest BCUT2D eigenvalue weighted by atomic mass is 35.5. The molecule has 1 saturated carbocycles. The number of ether oxygens (including phenoxy) is 1. The highest BCUT2D eigenvalue weighted by Crippen LogP contribution is 2.29. The van der Waals surface area contributed by atoms with Crippen LogP contribution in [-0.4, -0.2) is 20.5 Å². The minimum Gasteiger partial charge on any atom is -0.456 e. The van der Waals surface area contributed by atoms with Gasteiger partial charge in [0.1, 0.15) is 11.5 Å². The van der Waals surface area contributed by atoms with Gasteiger partial charge < -0.3 is 10.5 Å². The molecule has 0 saturated heterocycles. The highest BCUT2D eigenvalue weighted by Gasteiger charge is 2.24. The Morgan fingerprint density at radius 1 is 1.00 bits per heavy atom. The smallest absolute Gasteiger partial charge is 0.240 e. The maximum atomic E-state index is 12.5. The van der Waals surface area contributed by atoms with Crippen LogP contribution in [-0.2, 0) is 10.0 Å². The molecule has 1 aliphatic rings. The zero-order valence-electron chi connectivity index (χ0n) is 14.1. The molecule has 0 unspecified atom stereocenters. The van der Waals surface area contributed by atoms with Crippen LogP contribution < -0.4 is 15.2 Å². The Kier molecular flexibility index (Phi) is 7.32. The predicted octanol–water partition coefficient (Wildman–Crippen LogP) is 4.10. The van der Waals surface area contributed by atoms with E-state index >= 15 is 0 Å². The summed E-state index contributed by atoms with van der Waals surface area (Å²) in [5.41, 5.74) is 5.86. The van der Waals surface area contributed by atoms with Crippen molar-refractivity contribution in [1.29, 1.82) is 0 Å². The molecule has 1 fully saturated rings. The lowest BCUT2D eigenvalue weighted by atomic mass is 9.93. The molecule has 0 heterocycles. The normalized spacial score (nSPS) is 20.2. The standard InChI is InChI=1S/C18H21ClN2O3S.ClH/c19-17-3-1-2-4-18(17)24-15-9-11-16(12-10-15)25(22,23)21-14-7-5-13(20)6-8-14;/h1-4,9-14,21H,5-8,20H2;1H. The van der Waals surface area contributed by atoms with Crippen LogP contribution in [0.2, 0.25) is 5.02 Å². The molecule has 5 nitrogen and oxygen atoms in total. The summed E-state index contributed by atoms with van der Waals surface area (Å²) in [6, 6.07) is 13.5. The summed E-state index contributed by atoms with van der Waals surface area (Å²) < 4.78 is 33.4. The van der Waals surface area contributed by atoms with E-state index in [9.17, 15) is 8.42 Å². The first kappa shape index (κ1) is 21.0. The fraction of sp³-hybridized carbons (Fsp3) is 0.333. The molecule has 2 aromatic rings. The van der Waals surface area contributed by atoms with Gasteiger partial charge in [-0.3, -0.25) is 0 Å². The zero-order chi connectivity index (χ0) is 17.9. The lowest BCUT2D eigenvalue weighted by molar-refractivity contribution is 0.373. The lowest BCUT2D eigenvalue weighted by Crippen LogP contribution is -2.40. The Balaban J connectivity index is 0.00000243. The van der Waals surface area contributed by atoms with Crippen LogP contribution in [0.25, 0.3) is 0 Å². The minimum atomic E-state index is -3.55. The molecule has 142 valence electrons. The van der Waals surface area contributed by atoms with E-state index in [1.165, 1.54) is 12.1 Å². The quantitative estimate of drug-likeness (QED) is 0.768. The van der Waals surface area contributed by atoms with Crippen molar-refractivity contribution in [2.75, 3.05) is 0 Å². The van der Waals surface area contributed by atoms with E-state index < -0.39 is 10.0 Å². The maximum absolute atomic E-state index is 12.5. The van der Waals surface area contributed by atoms with E-state index in [1.54, 1.807) is 24.3 Å². The second kappa shape index (κ2) is 9.06. The minimum absolute atomic E-state index is 0. The third-order valence-corrected chi connectivity index (χ3v) is 6.14. The molecule has 0 aromatic heterocycles. The number of hydrogen-bond donors (Lipinski definition) is 2. The molecule has 0 bridgehead atoms. The molecular formula is C18H22Cl2N2O3S. The molecule has 0 aliphatic heterocycles. The van der Waals surface area contributed by atoms with Gasteiger partial charge in [-0.05, 0) is 62.1 Å². The van der Waals surface area contributed by atoms with Crippen molar-refractivity contribution in [3.8, 4) is 11.5 Å². The Bertz CT molecular complexity index is 821. The van der Waals surface area contributed by atoms with Crippen LogP contribution in [0.5, 0.6) is 11.5 Å². The topological polar surface area (TPSA) is 81.4 Å². The Labute approximate surface area is 165 Å². The van der Waals surface area contributed by atoms with Crippen molar-refractivity contribution in [3.05, 3.63) is 53.6 Å². The van der Waals surface area contributed by atoms with E-state index in [4.69, 9.17) is 22.1 Å². The molecule has 0 amide bonds. The largest absolute Gasteiger partial charge is 0.456 e. The number of para-hydroxylation sites is 1. The van der Waals surface area contributed by atoms with Crippen LogP contribution in [0, 0.1) is 0 Å². The van der Waals surface area contributed by atoms with Gasteiger partial charge in [0.2, 0.25) is 10.0 Å². The van der Waals surface area contributed by atoms with Crippen molar-refractivity contribution >= 4 is 34.0 Å². The predicted molar refractivity (Wildman–Crippen MR) is 106 cm³/mol. The van der Waals surface area contributed by atoms with Crippen molar-refractivity contribution in [1.82, 2.24) is 4.72 Å². The zero-order valence-corrected chi connectivity index (χ0v) is 16.5. The summed E-state index contributed by atoms with van der Waals surface area (Å²) in [4.78, 5) is 0.217. The first-order valence-electron chi connectivity index (χ1n) is 8.24. The summed E-state index contributed by atoms with van der Waals surface area (Å²) in [5.74, 6) is 1.05. The molecule has 0 atom stereocenters. The van der Waals surface area contributed by atoms with Gasteiger partial charge in [-0.1, -0.05) is 23.7 Å². The average molecular weight is 417 g/mol.